The van der Waals surface area contributed by atoms with E-state index in [4.69, 9.17) is 22.6 Å². The van der Waals surface area contributed by atoms with Crippen LogP contribution in [0.5, 0.6) is 11.5 Å². The van der Waals surface area contributed by atoms with E-state index in [1.54, 1.807) is 0 Å². The molecule has 2 N–H and O–H groups in total. The van der Waals surface area contributed by atoms with Gasteiger partial charge in [0.1, 0.15) is 11.7 Å². The van der Waals surface area contributed by atoms with Crippen molar-refractivity contribution in [1.29, 1.82) is 0 Å². The van der Waals surface area contributed by atoms with Crippen LogP contribution in [0.15, 0.2) is 41.3 Å². The summed E-state index contributed by atoms with van der Waals surface area (Å²) in [5.41, 5.74) is -3.83. The maximum atomic E-state index is 13.2. The largest absolute Gasteiger partial charge is 0.493 e. The average Bonchev–Trinajstić information content (AvgIpc) is 3.15. The SMILES string of the molecule is [C-]#[N+]c1ccc(OC)c(O[C@H]2CN(S(=O)(=O)c3ccc(C(F)(F)F)cc3[N+]#[C-])C[C@@]2(O)CO)c1. The summed E-state index contributed by atoms with van der Waals surface area (Å²) in [6.07, 6.45) is -6.10. The van der Waals surface area contributed by atoms with Crippen LogP contribution in [-0.4, -0.2) is 61.4 Å². The van der Waals surface area contributed by atoms with Gasteiger partial charge in [0.15, 0.2) is 17.2 Å². The normalized spacial score (nSPS) is 21.0. The second kappa shape index (κ2) is 9.12. The standard InChI is InChI=1S/C21H18F3N3O6S/c1-25-14-5-6-16(32-3)17(9-14)33-19-10-27(11-20(19,29)12-28)34(30,31)18-7-4-13(21(22,23)24)8-15(18)26-2/h4-9,19,28-29H,10-12H2,3H3/t19-,20+/m0/s1. The van der Waals surface area contributed by atoms with Crippen molar-refractivity contribution in [2.24, 2.45) is 0 Å². The van der Waals surface area contributed by atoms with Gasteiger partial charge in [-0.15, -0.1) is 0 Å². The van der Waals surface area contributed by atoms with Crippen LogP contribution in [0, 0.1) is 13.1 Å². The van der Waals surface area contributed by atoms with Crippen LogP contribution in [0.1, 0.15) is 5.56 Å². The van der Waals surface area contributed by atoms with Gasteiger partial charge in [0.25, 0.3) is 0 Å². The Morgan fingerprint density at radius 1 is 1.18 bits per heavy atom. The molecule has 180 valence electrons. The van der Waals surface area contributed by atoms with Crippen molar-refractivity contribution >= 4 is 21.4 Å². The number of β-amino-alcohol motifs (C(OH)–C–C–N with tert-alkyl or cyclic N) is 1. The van der Waals surface area contributed by atoms with Crippen LogP contribution in [0.4, 0.5) is 24.5 Å². The van der Waals surface area contributed by atoms with Crippen molar-refractivity contribution in [3.8, 4) is 11.5 Å². The van der Waals surface area contributed by atoms with Crippen molar-refractivity contribution in [3.63, 3.8) is 0 Å². The molecule has 1 aliphatic heterocycles. The first-order valence-electron chi connectivity index (χ1n) is 9.54. The third kappa shape index (κ3) is 4.64. The fourth-order valence-corrected chi connectivity index (χ4v) is 5.04. The second-order valence-corrected chi connectivity index (χ2v) is 9.31. The summed E-state index contributed by atoms with van der Waals surface area (Å²) in [4.78, 5) is 5.51. The van der Waals surface area contributed by atoms with Gasteiger partial charge in [0, 0.05) is 12.1 Å². The van der Waals surface area contributed by atoms with Crippen molar-refractivity contribution in [3.05, 3.63) is 64.8 Å². The number of hydrogen-bond donors (Lipinski definition) is 2. The lowest BCUT2D eigenvalue weighted by atomic mass is 10.0. The number of aliphatic hydroxyl groups is 2. The molecule has 0 amide bonds. The Morgan fingerprint density at radius 3 is 2.44 bits per heavy atom. The Labute approximate surface area is 193 Å². The van der Waals surface area contributed by atoms with Gasteiger partial charge >= 0.3 is 6.18 Å². The summed E-state index contributed by atoms with van der Waals surface area (Å²) in [7, 11) is -3.22. The van der Waals surface area contributed by atoms with Crippen molar-refractivity contribution in [2.75, 3.05) is 26.8 Å². The van der Waals surface area contributed by atoms with E-state index in [2.05, 4.69) is 9.69 Å². The van der Waals surface area contributed by atoms with E-state index in [-0.39, 0.29) is 17.2 Å². The van der Waals surface area contributed by atoms with Crippen LogP contribution in [0.25, 0.3) is 9.69 Å². The molecule has 2 aromatic carbocycles. The number of hydrogen-bond acceptors (Lipinski definition) is 6. The Bertz CT molecular complexity index is 1290. The van der Waals surface area contributed by atoms with Gasteiger partial charge < -0.3 is 19.7 Å². The number of rotatable bonds is 6. The molecule has 0 spiro atoms. The van der Waals surface area contributed by atoms with E-state index in [9.17, 15) is 31.8 Å². The molecule has 1 aliphatic rings. The molecule has 3 rings (SSSR count). The summed E-state index contributed by atoms with van der Waals surface area (Å²) < 4.78 is 76.9. The zero-order valence-electron chi connectivity index (χ0n) is 17.6. The molecule has 13 heteroatoms. The lowest BCUT2D eigenvalue weighted by molar-refractivity contribution is -0.137. The third-order valence-electron chi connectivity index (χ3n) is 5.26. The number of halogens is 3. The molecular formula is C21H18F3N3O6S. The van der Waals surface area contributed by atoms with Crippen molar-refractivity contribution in [2.45, 2.75) is 22.8 Å². The second-order valence-electron chi connectivity index (χ2n) is 7.40. The number of alkyl halides is 3. The van der Waals surface area contributed by atoms with Gasteiger partial charge in [-0.25, -0.2) is 18.1 Å². The monoisotopic (exact) mass is 497 g/mol. The lowest BCUT2D eigenvalue weighted by Gasteiger charge is -2.27. The Kier molecular flexibility index (Phi) is 6.78. The maximum Gasteiger partial charge on any atom is 0.415 e. The van der Waals surface area contributed by atoms with Crippen LogP contribution in [-0.2, 0) is 16.2 Å². The van der Waals surface area contributed by atoms with Crippen LogP contribution in [0.2, 0.25) is 0 Å². The predicted octanol–water partition coefficient (Wildman–Crippen LogP) is 2.99. The fraction of sp³-hybridized carbons (Fsp3) is 0.333. The highest BCUT2D eigenvalue weighted by Crippen LogP contribution is 2.39. The first kappa shape index (κ1) is 25.3. The molecule has 0 radical (unpaired) electrons. The highest BCUT2D eigenvalue weighted by atomic mass is 32.2. The molecule has 1 fully saturated rings. The van der Waals surface area contributed by atoms with E-state index in [0.29, 0.717) is 18.2 Å². The van der Waals surface area contributed by atoms with Crippen LogP contribution < -0.4 is 9.47 Å². The number of aliphatic hydroxyl groups excluding tert-OH is 1. The molecule has 2 atom stereocenters. The van der Waals surface area contributed by atoms with Crippen LogP contribution >= 0.6 is 0 Å². The first-order chi connectivity index (χ1) is 15.9. The zero-order valence-corrected chi connectivity index (χ0v) is 18.4. The minimum absolute atomic E-state index is 0.0171. The molecule has 1 heterocycles. The lowest BCUT2D eigenvalue weighted by Crippen LogP contribution is -2.48. The fourth-order valence-electron chi connectivity index (χ4n) is 3.43. The van der Waals surface area contributed by atoms with E-state index >= 15 is 0 Å². The Morgan fingerprint density at radius 2 is 1.88 bits per heavy atom. The number of methoxy groups -OCH3 is 1. The molecular weight excluding hydrogens is 479 g/mol. The van der Waals surface area contributed by atoms with Gasteiger partial charge in [0.05, 0.1) is 38.3 Å². The molecule has 34 heavy (non-hydrogen) atoms. The van der Waals surface area contributed by atoms with E-state index in [1.165, 1.54) is 25.3 Å². The quantitative estimate of drug-likeness (QED) is 0.595. The molecule has 9 nitrogen and oxygen atoms in total. The van der Waals surface area contributed by atoms with Gasteiger partial charge in [-0.2, -0.15) is 17.5 Å². The minimum atomic E-state index is -4.77. The molecule has 1 saturated heterocycles. The summed E-state index contributed by atoms with van der Waals surface area (Å²) >= 11 is 0. The van der Waals surface area contributed by atoms with E-state index < -0.39 is 63.7 Å². The summed E-state index contributed by atoms with van der Waals surface area (Å²) in [6, 6.07) is 5.87. The first-order valence-corrected chi connectivity index (χ1v) is 11.0. The number of sulfonamides is 1. The highest BCUT2D eigenvalue weighted by Gasteiger charge is 2.51. The topological polar surface area (TPSA) is 105 Å². The smallest absolute Gasteiger partial charge is 0.415 e. The number of ether oxygens (including phenoxy) is 2. The number of nitrogens with zero attached hydrogens (tertiary/aromatic N) is 3. The Hall–Kier alpha value is -3.36. The average molecular weight is 497 g/mol. The van der Waals surface area contributed by atoms with Crippen LogP contribution in [0.3, 0.4) is 0 Å². The summed E-state index contributed by atoms with van der Waals surface area (Å²) in [5.74, 6) is 0.204. The molecule has 0 saturated carbocycles. The van der Waals surface area contributed by atoms with Gasteiger partial charge in [0.2, 0.25) is 15.7 Å². The maximum absolute atomic E-state index is 13.2. The van der Waals surface area contributed by atoms with Crippen molar-refractivity contribution in [1.82, 2.24) is 4.31 Å². The van der Waals surface area contributed by atoms with Crippen molar-refractivity contribution < 1.29 is 41.3 Å². The van der Waals surface area contributed by atoms with E-state index in [1.807, 2.05) is 0 Å². The summed E-state index contributed by atoms with van der Waals surface area (Å²) in [5, 5.41) is 20.7. The van der Waals surface area contributed by atoms with Gasteiger partial charge in [-0.3, -0.25) is 0 Å². The predicted molar refractivity (Wildman–Crippen MR) is 112 cm³/mol. The number of benzene rings is 2. The van der Waals surface area contributed by atoms with Gasteiger partial charge in [-0.1, -0.05) is 18.2 Å². The zero-order chi connectivity index (χ0) is 25.3. The molecule has 0 unspecified atom stereocenters. The minimum Gasteiger partial charge on any atom is -0.493 e. The third-order valence-corrected chi connectivity index (χ3v) is 7.12. The van der Waals surface area contributed by atoms with Gasteiger partial charge in [-0.05, 0) is 18.2 Å². The molecule has 0 aliphatic carbocycles. The van der Waals surface area contributed by atoms with E-state index in [0.717, 1.165) is 4.31 Å². The molecule has 0 bridgehead atoms. The molecule has 2 aromatic rings. The summed E-state index contributed by atoms with van der Waals surface area (Å²) in [6.45, 7) is 12.2. The molecule has 0 aromatic heterocycles. The highest BCUT2D eigenvalue weighted by molar-refractivity contribution is 7.89. The Balaban J connectivity index is 1.98.